The standard InChI is InChI=1S/C13H26N2O2/c1-4-11-7-6-9-15(11)10-8-13(3,14)12(16)17-5-2/h11H,4-10,14H2,1-3H3. The summed E-state index contributed by atoms with van der Waals surface area (Å²) in [4.78, 5) is 14.1. The SMILES string of the molecule is CCOC(=O)C(C)(N)CCN1CCCC1CC. The van der Waals surface area contributed by atoms with Crippen LogP contribution in [0.25, 0.3) is 0 Å². The molecule has 17 heavy (non-hydrogen) atoms. The number of likely N-dealkylation sites (tertiary alicyclic amines) is 1. The van der Waals surface area contributed by atoms with Gasteiger partial charge in [-0.2, -0.15) is 0 Å². The van der Waals surface area contributed by atoms with Crippen molar-refractivity contribution in [2.75, 3.05) is 19.7 Å². The second-order valence-corrected chi connectivity index (χ2v) is 5.13. The van der Waals surface area contributed by atoms with Crippen molar-refractivity contribution < 1.29 is 9.53 Å². The van der Waals surface area contributed by atoms with Crippen LogP contribution in [0.2, 0.25) is 0 Å². The molecule has 100 valence electrons. The molecule has 1 rings (SSSR count). The number of hydrogen-bond acceptors (Lipinski definition) is 4. The van der Waals surface area contributed by atoms with Gasteiger partial charge in [0, 0.05) is 12.6 Å². The molecule has 1 fully saturated rings. The lowest BCUT2D eigenvalue weighted by molar-refractivity contribution is -0.149. The second-order valence-electron chi connectivity index (χ2n) is 5.13. The molecule has 4 nitrogen and oxygen atoms in total. The molecule has 0 radical (unpaired) electrons. The number of nitrogens with zero attached hydrogens (tertiary/aromatic N) is 1. The predicted molar refractivity (Wildman–Crippen MR) is 68.7 cm³/mol. The average Bonchev–Trinajstić information content (AvgIpc) is 2.74. The van der Waals surface area contributed by atoms with E-state index >= 15 is 0 Å². The second kappa shape index (κ2) is 6.36. The first kappa shape index (κ1) is 14.5. The third kappa shape index (κ3) is 3.96. The molecule has 0 aromatic rings. The maximum atomic E-state index is 11.7. The lowest BCUT2D eigenvalue weighted by Gasteiger charge is -2.28. The van der Waals surface area contributed by atoms with Crippen molar-refractivity contribution in [2.45, 2.75) is 58.0 Å². The van der Waals surface area contributed by atoms with Crippen LogP contribution in [0.4, 0.5) is 0 Å². The molecule has 0 aromatic heterocycles. The summed E-state index contributed by atoms with van der Waals surface area (Å²) in [5, 5.41) is 0. The molecule has 2 atom stereocenters. The Bertz CT molecular complexity index is 254. The van der Waals surface area contributed by atoms with Crippen molar-refractivity contribution in [3.8, 4) is 0 Å². The minimum absolute atomic E-state index is 0.285. The molecular weight excluding hydrogens is 216 g/mol. The van der Waals surface area contributed by atoms with Crippen molar-refractivity contribution in [2.24, 2.45) is 5.73 Å². The first-order chi connectivity index (χ1) is 8.01. The van der Waals surface area contributed by atoms with E-state index in [2.05, 4.69) is 11.8 Å². The molecule has 0 spiro atoms. The Kier molecular flexibility index (Phi) is 5.40. The van der Waals surface area contributed by atoms with Gasteiger partial charge in [-0.05, 0) is 46.1 Å². The summed E-state index contributed by atoms with van der Waals surface area (Å²) in [5.41, 5.74) is 5.16. The zero-order chi connectivity index (χ0) is 12.9. The van der Waals surface area contributed by atoms with Crippen molar-refractivity contribution >= 4 is 5.97 Å². The Balaban J connectivity index is 2.40. The summed E-state index contributed by atoms with van der Waals surface area (Å²) >= 11 is 0. The van der Waals surface area contributed by atoms with Crippen LogP contribution in [0.15, 0.2) is 0 Å². The van der Waals surface area contributed by atoms with Crippen molar-refractivity contribution in [3.05, 3.63) is 0 Å². The van der Waals surface area contributed by atoms with Gasteiger partial charge < -0.3 is 15.4 Å². The maximum absolute atomic E-state index is 11.7. The Labute approximate surface area is 104 Å². The van der Waals surface area contributed by atoms with Crippen LogP contribution in [-0.4, -0.2) is 42.1 Å². The van der Waals surface area contributed by atoms with Gasteiger partial charge in [0.2, 0.25) is 0 Å². The van der Waals surface area contributed by atoms with Gasteiger partial charge in [-0.15, -0.1) is 0 Å². The minimum Gasteiger partial charge on any atom is -0.465 e. The van der Waals surface area contributed by atoms with Crippen LogP contribution in [0.5, 0.6) is 0 Å². The molecule has 1 aliphatic heterocycles. The third-order valence-electron chi connectivity index (χ3n) is 3.63. The first-order valence-corrected chi connectivity index (χ1v) is 6.71. The highest BCUT2D eigenvalue weighted by atomic mass is 16.5. The van der Waals surface area contributed by atoms with Gasteiger partial charge in [-0.3, -0.25) is 4.79 Å². The topological polar surface area (TPSA) is 55.6 Å². The molecule has 1 heterocycles. The van der Waals surface area contributed by atoms with Crippen molar-refractivity contribution in [1.29, 1.82) is 0 Å². The van der Waals surface area contributed by atoms with Gasteiger partial charge in [-0.25, -0.2) is 0 Å². The third-order valence-corrected chi connectivity index (χ3v) is 3.63. The van der Waals surface area contributed by atoms with E-state index in [1.54, 1.807) is 6.92 Å². The van der Waals surface area contributed by atoms with Gasteiger partial charge >= 0.3 is 5.97 Å². The quantitative estimate of drug-likeness (QED) is 0.718. The lowest BCUT2D eigenvalue weighted by Crippen LogP contribution is -2.48. The van der Waals surface area contributed by atoms with Gasteiger partial charge in [-0.1, -0.05) is 6.92 Å². The van der Waals surface area contributed by atoms with E-state index in [-0.39, 0.29) is 5.97 Å². The predicted octanol–water partition coefficient (Wildman–Crippen LogP) is 1.53. The molecule has 2 N–H and O–H groups in total. The zero-order valence-corrected chi connectivity index (χ0v) is 11.4. The summed E-state index contributed by atoms with van der Waals surface area (Å²) in [6, 6.07) is 0.674. The van der Waals surface area contributed by atoms with E-state index < -0.39 is 5.54 Å². The summed E-state index contributed by atoms with van der Waals surface area (Å²) in [7, 11) is 0. The molecule has 4 heteroatoms. The maximum Gasteiger partial charge on any atom is 0.325 e. The highest BCUT2D eigenvalue weighted by molar-refractivity contribution is 5.79. The van der Waals surface area contributed by atoms with Gasteiger partial charge in [0.15, 0.2) is 0 Å². The number of hydrogen-bond donors (Lipinski definition) is 1. The fourth-order valence-electron chi connectivity index (χ4n) is 2.43. The molecule has 0 amide bonds. The summed E-state index contributed by atoms with van der Waals surface area (Å²) in [5.74, 6) is -0.285. The van der Waals surface area contributed by atoms with Crippen molar-refractivity contribution in [3.63, 3.8) is 0 Å². The van der Waals surface area contributed by atoms with Crippen molar-refractivity contribution in [1.82, 2.24) is 4.90 Å². The molecular formula is C13H26N2O2. The highest BCUT2D eigenvalue weighted by Crippen LogP contribution is 2.21. The summed E-state index contributed by atoms with van der Waals surface area (Å²) in [6.45, 7) is 8.22. The smallest absolute Gasteiger partial charge is 0.325 e. The van der Waals surface area contributed by atoms with Gasteiger partial charge in [0.25, 0.3) is 0 Å². The molecule has 1 saturated heterocycles. The van der Waals surface area contributed by atoms with E-state index in [4.69, 9.17) is 10.5 Å². The average molecular weight is 242 g/mol. The molecule has 0 aromatic carbocycles. The van der Waals surface area contributed by atoms with Gasteiger partial charge in [0.05, 0.1) is 6.61 Å². The fourth-order valence-corrected chi connectivity index (χ4v) is 2.43. The van der Waals surface area contributed by atoms with Gasteiger partial charge in [0.1, 0.15) is 5.54 Å². The lowest BCUT2D eigenvalue weighted by atomic mass is 9.99. The Morgan fingerprint density at radius 2 is 2.24 bits per heavy atom. The Morgan fingerprint density at radius 3 is 2.82 bits per heavy atom. The molecule has 0 aliphatic carbocycles. The monoisotopic (exact) mass is 242 g/mol. The summed E-state index contributed by atoms with van der Waals surface area (Å²) in [6.07, 6.45) is 4.39. The molecule has 0 bridgehead atoms. The number of carbonyl (C=O) groups is 1. The molecule has 0 saturated carbocycles. The zero-order valence-electron chi connectivity index (χ0n) is 11.4. The highest BCUT2D eigenvalue weighted by Gasteiger charge is 2.32. The van der Waals surface area contributed by atoms with E-state index in [9.17, 15) is 4.79 Å². The van der Waals surface area contributed by atoms with Crippen LogP contribution < -0.4 is 5.73 Å². The van der Waals surface area contributed by atoms with E-state index in [0.29, 0.717) is 19.1 Å². The number of carbonyl (C=O) groups excluding carboxylic acids is 1. The Hall–Kier alpha value is -0.610. The van der Waals surface area contributed by atoms with E-state index in [1.807, 2.05) is 6.92 Å². The van der Waals surface area contributed by atoms with Crippen LogP contribution >= 0.6 is 0 Å². The van der Waals surface area contributed by atoms with E-state index in [0.717, 1.165) is 13.1 Å². The van der Waals surface area contributed by atoms with Crippen LogP contribution in [0.3, 0.4) is 0 Å². The van der Waals surface area contributed by atoms with Crippen LogP contribution in [0.1, 0.15) is 46.5 Å². The van der Waals surface area contributed by atoms with Crippen LogP contribution in [-0.2, 0) is 9.53 Å². The molecule has 2 unspecified atom stereocenters. The largest absolute Gasteiger partial charge is 0.465 e. The van der Waals surface area contributed by atoms with E-state index in [1.165, 1.54) is 19.3 Å². The number of nitrogens with two attached hydrogens (primary N) is 1. The Morgan fingerprint density at radius 1 is 1.53 bits per heavy atom. The fraction of sp³-hybridized carbons (Fsp3) is 0.923. The molecule has 1 aliphatic rings. The number of esters is 1. The number of ether oxygens (including phenoxy) is 1. The minimum atomic E-state index is -0.850. The normalized spacial score (nSPS) is 24.6. The summed E-state index contributed by atoms with van der Waals surface area (Å²) < 4.78 is 4.99. The van der Waals surface area contributed by atoms with Crippen LogP contribution in [0, 0.1) is 0 Å². The first-order valence-electron chi connectivity index (χ1n) is 6.71. The number of rotatable bonds is 6.